The van der Waals surface area contributed by atoms with Crippen LogP contribution in [0.4, 0.5) is 0 Å². The van der Waals surface area contributed by atoms with Crippen LogP contribution >= 0.6 is 12.4 Å². The first-order valence-electron chi connectivity index (χ1n) is 9.93. The Labute approximate surface area is 168 Å². The monoisotopic (exact) mass is 384 g/mol. The van der Waals surface area contributed by atoms with Crippen LogP contribution in [-0.2, 0) is 4.79 Å². The number of hydrogen-bond acceptors (Lipinski definition) is 2. The number of benzene rings is 2. The molecule has 1 aliphatic carbocycles. The van der Waals surface area contributed by atoms with Crippen LogP contribution in [0.2, 0.25) is 0 Å². The molecule has 0 atom stereocenters. The van der Waals surface area contributed by atoms with Gasteiger partial charge in [0.1, 0.15) is 0 Å². The van der Waals surface area contributed by atoms with Crippen LogP contribution in [0.15, 0.2) is 60.7 Å². The van der Waals surface area contributed by atoms with Crippen LogP contribution in [0.1, 0.15) is 42.7 Å². The van der Waals surface area contributed by atoms with Crippen LogP contribution in [-0.4, -0.2) is 36.5 Å². The number of nitrogens with one attached hydrogen (secondary N) is 1. The molecule has 1 saturated heterocycles. The summed E-state index contributed by atoms with van der Waals surface area (Å²) in [5.74, 6) is 0.951. The Hall–Kier alpha value is -1.84. The number of amides is 1. The molecule has 0 spiro atoms. The molecule has 4 rings (SSSR count). The summed E-state index contributed by atoms with van der Waals surface area (Å²) in [4.78, 5) is 15.5. The summed E-state index contributed by atoms with van der Waals surface area (Å²) in [6.07, 6.45) is 4.91. The molecule has 2 fully saturated rings. The van der Waals surface area contributed by atoms with Crippen molar-refractivity contribution in [1.29, 1.82) is 0 Å². The molecule has 1 amide bonds. The lowest BCUT2D eigenvalue weighted by Crippen LogP contribution is -2.46. The molecule has 2 aromatic carbocycles. The summed E-state index contributed by atoms with van der Waals surface area (Å²) in [5.41, 5.74) is 2.16. The maximum Gasteiger partial charge on any atom is 0.234 e. The van der Waals surface area contributed by atoms with Crippen molar-refractivity contribution in [3.63, 3.8) is 0 Å². The lowest BCUT2D eigenvalue weighted by atomic mass is 9.89. The van der Waals surface area contributed by atoms with E-state index in [4.69, 9.17) is 0 Å². The van der Waals surface area contributed by atoms with Crippen molar-refractivity contribution < 1.29 is 4.79 Å². The first-order chi connectivity index (χ1) is 12.8. The van der Waals surface area contributed by atoms with E-state index in [9.17, 15) is 4.79 Å². The molecule has 1 heterocycles. The standard InChI is InChI=1S/C23H28N2O.ClH/c26-23(25-15-13-21(14-16-25)24-17-18-11-12-18)22(19-7-3-1-4-8-19)20-9-5-2-6-10-20;/h1-10,18,21-22,24H,11-17H2;1H. The zero-order chi connectivity index (χ0) is 17.8. The number of hydrogen-bond donors (Lipinski definition) is 1. The molecule has 0 aromatic heterocycles. The molecule has 144 valence electrons. The minimum atomic E-state index is -0.201. The number of halogens is 1. The largest absolute Gasteiger partial charge is 0.342 e. The molecule has 1 N–H and O–H groups in total. The van der Waals surface area contributed by atoms with Gasteiger partial charge in [0.2, 0.25) is 5.91 Å². The number of rotatable bonds is 6. The zero-order valence-electron chi connectivity index (χ0n) is 15.7. The Bertz CT molecular complexity index is 670. The number of nitrogens with zero attached hydrogens (tertiary/aromatic N) is 1. The molecule has 0 unspecified atom stereocenters. The average Bonchev–Trinajstić information content (AvgIpc) is 3.53. The molecule has 27 heavy (non-hydrogen) atoms. The van der Waals surface area contributed by atoms with Crippen LogP contribution in [0.3, 0.4) is 0 Å². The highest BCUT2D eigenvalue weighted by molar-refractivity contribution is 5.87. The fraction of sp³-hybridized carbons (Fsp3) is 0.435. The van der Waals surface area contributed by atoms with E-state index in [2.05, 4.69) is 34.5 Å². The van der Waals surface area contributed by atoms with Crippen molar-refractivity contribution in [1.82, 2.24) is 10.2 Å². The Balaban J connectivity index is 0.00000210. The predicted octanol–water partition coefficient (Wildman–Crippen LogP) is 4.23. The maximum absolute atomic E-state index is 13.4. The van der Waals surface area contributed by atoms with Gasteiger partial charge in [0.15, 0.2) is 0 Å². The third-order valence-electron chi connectivity index (χ3n) is 5.71. The highest BCUT2D eigenvalue weighted by Crippen LogP contribution is 2.29. The van der Waals surface area contributed by atoms with Gasteiger partial charge in [0, 0.05) is 19.1 Å². The molecule has 0 bridgehead atoms. The second kappa shape index (κ2) is 9.38. The summed E-state index contributed by atoms with van der Waals surface area (Å²) in [7, 11) is 0. The minimum absolute atomic E-state index is 0. The number of carbonyl (C=O) groups is 1. The summed E-state index contributed by atoms with van der Waals surface area (Å²) in [6, 6.07) is 20.9. The fourth-order valence-electron chi connectivity index (χ4n) is 3.91. The Morgan fingerprint density at radius 3 is 1.89 bits per heavy atom. The Morgan fingerprint density at radius 2 is 1.41 bits per heavy atom. The van der Waals surface area contributed by atoms with Gasteiger partial charge in [0.25, 0.3) is 0 Å². The van der Waals surface area contributed by atoms with Gasteiger partial charge in [-0.3, -0.25) is 4.79 Å². The van der Waals surface area contributed by atoms with Gasteiger partial charge in [-0.2, -0.15) is 0 Å². The maximum atomic E-state index is 13.4. The molecule has 1 aliphatic heterocycles. The van der Waals surface area contributed by atoms with Crippen molar-refractivity contribution >= 4 is 18.3 Å². The average molecular weight is 385 g/mol. The lowest BCUT2D eigenvalue weighted by Gasteiger charge is -2.35. The van der Waals surface area contributed by atoms with Gasteiger partial charge in [-0.1, -0.05) is 60.7 Å². The molecule has 1 saturated carbocycles. The van der Waals surface area contributed by atoms with E-state index in [0.29, 0.717) is 6.04 Å². The Morgan fingerprint density at radius 1 is 0.889 bits per heavy atom. The van der Waals surface area contributed by atoms with Crippen molar-refractivity contribution in [3.05, 3.63) is 71.8 Å². The van der Waals surface area contributed by atoms with Gasteiger partial charge >= 0.3 is 0 Å². The van der Waals surface area contributed by atoms with Gasteiger partial charge in [-0.15, -0.1) is 12.4 Å². The number of likely N-dealkylation sites (tertiary alicyclic amines) is 1. The van der Waals surface area contributed by atoms with Crippen molar-refractivity contribution in [2.24, 2.45) is 5.92 Å². The summed E-state index contributed by atoms with van der Waals surface area (Å²) in [5, 5.41) is 3.70. The van der Waals surface area contributed by atoms with Crippen LogP contribution in [0, 0.1) is 5.92 Å². The van der Waals surface area contributed by atoms with Crippen molar-refractivity contribution in [2.75, 3.05) is 19.6 Å². The van der Waals surface area contributed by atoms with Gasteiger partial charge in [-0.25, -0.2) is 0 Å². The van der Waals surface area contributed by atoms with E-state index in [1.807, 2.05) is 36.4 Å². The van der Waals surface area contributed by atoms with Crippen LogP contribution < -0.4 is 5.32 Å². The first-order valence-corrected chi connectivity index (χ1v) is 9.93. The third-order valence-corrected chi connectivity index (χ3v) is 5.71. The van der Waals surface area contributed by atoms with Crippen LogP contribution in [0.5, 0.6) is 0 Å². The molecule has 2 aromatic rings. The second-order valence-electron chi connectivity index (χ2n) is 7.71. The van der Waals surface area contributed by atoms with Crippen LogP contribution in [0.25, 0.3) is 0 Å². The van der Waals surface area contributed by atoms with E-state index in [-0.39, 0.29) is 24.2 Å². The van der Waals surface area contributed by atoms with E-state index < -0.39 is 0 Å². The minimum Gasteiger partial charge on any atom is -0.342 e. The zero-order valence-corrected chi connectivity index (χ0v) is 16.5. The topological polar surface area (TPSA) is 32.3 Å². The van der Waals surface area contributed by atoms with Gasteiger partial charge < -0.3 is 10.2 Å². The quantitative estimate of drug-likeness (QED) is 0.808. The number of piperidine rings is 1. The van der Waals surface area contributed by atoms with Crippen molar-refractivity contribution in [2.45, 2.75) is 37.6 Å². The lowest BCUT2D eigenvalue weighted by molar-refractivity contribution is -0.133. The summed E-state index contributed by atoms with van der Waals surface area (Å²) in [6.45, 7) is 2.88. The summed E-state index contributed by atoms with van der Waals surface area (Å²) < 4.78 is 0. The fourth-order valence-corrected chi connectivity index (χ4v) is 3.91. The SMILES string of the molecule is Cl.O=C(C(c1ccccc1)c1ccccc1)N1CCC(NCC2CC2)CC1. The highest BCUT2D eigenvalue weighted by Gasteiger charge is 2.31. The van der Waals surface area contributed by atoms with E-state index >= 15 is 0 Å². The molecular weight excluding hydrogens is 356 g/mol. The molecule has 4 heteroatoms. The third kappa shape index (κ3) is 5.12. The second-order valence-corrected chi connectivity index (χ2v) is 7.71. The normalized spacial score (nSPS) is 17.6. The predicted molar refractivity (Wildman–Crippen MR) is 112 cm³/mol. The molecule has 0 radical (unpaired) electrons. The molecule has 3 nitrogen and oxygen atoms in total. The van der Waals surface area contributed by atoms with Gasteiger partial charge in [0.05, 0.1) is 5.92 Å². The van der Waals surface area contributed by atoms with E-state index in [1.54, 1.807) is 0 Å². The van der Waals surface area contributed by atoms with Crippen molar-refractivity contribution in [3.8, 4) is 0 Å². The van der Waals surface area contributed by atoms with E-state index in [1.165, 1.54) is 12.8 Å². The smallest absolute Gasteiger partial charge is 0.234 e. The first kappa shape index (κ1) is 19.9. The molecular formula is C23H29ClN2O. The highest BCUT2D eigenvalue weighted by atomic mass is 35.5. The van der Waals surface area contributed by atoms with Gasteiger partial charge in [-0.05, 0) is 49.3 Å². The number of carbonyl (C=O) groups excluding carboxylic acids is 1. The Kier molecular flexibility index (Phi) is 6.92. The summed E-state index contributed by atoms with van der Waals surface area (Å²) >= 11 is 0. The van der Waals surface area contributed by atoms with E-state index in [0.717, 1.165) is 49.5 Å². The molecule has 2 aliphatic rings.